The summed E-state index contributed by atoms with van der Waals surface area (Å²) in [4.78, 5) is 13.1. The first-order valence-corrected chi connectivity index (χ1v) is 6.29. The smallest absolute Gasteiger partial charge is 0.336 e. The Kier molecular flexibility index (Phi) is 4.77. The molecule has 0 radical (unpaired) electrons. The number of nitrogens with one attached hydrogen (secondary N) is 1. The number of benzene rings is 2. The number of hydrogen-bond acceptors (Lipinski definition) is 3. The second-order valence-electron chi connectivity index (χ2n) is 4.49. The molecule has 10 heteroatoms. The van der Waals surface area contributed by atoms with Crippen LogP contribution in [0.3, 0.4) is 0 Å². The molecule has 1 N–H and O–H groups in total. The predicted molar refractivity (Wildman–Crippen MR) is 76.2 cm³/mol. The van der Waals surface area contributed by atoms with Gasteiger partial charge < -0.3 is 5.32 Å². The number of halogens is 5. The first-order chi connectivity index (χ1) is 11.2. The van der Waals surface area contributed by atoms with Crippen molar-refractivity contribution in [2.24, 2.45) is 4.99 Å². The molecule has 2 aromatic rings. The fourth-order valence-electron chi connectivity index (χ4n) is 1.65. The highest BCUT2D eigenvalue weighted by molar-refractivity contribution is 6.01. The van der Waals surface area contributed by atoms with Crippen molar-refractivity contribution in [1.29, 1.82) is 0 Å². The molecular formula is C14H8F5N3O2. The molecule has 2 aromatic carbocycles. The van der Waals surface area contributed by atoms with E-state index < -0.39 is 28.6 Å². The summed E-state index contributed by atoms with van der Waals surface area (Å²) in [6, 6.07) is 6.15. The third-order valence-corrected chi connectivity index (χ3v) is 2.75. The largest absolute Gasteiger partial charge is 0.449 e. The van der Waals surface area contributed by atoms with Crippen LogP contribution in [0.5, 0.6) is 0 Å². The average Bonchev–Trinajstić information content (AvgIpc) is 2.50. The maximum absolute atomic E-state index is 13.1. The minimum Gasteiger partial charge on any atom is -0.336 e. The van der Waals surface area contributed by atoms with E-state index in [0.29, 0.717) is 12.1 Å². The van der Waals surface area contributed by atoms with E-state index in [1.54, 1.807) is 0 Å². The molecule has 0 spiro atoms. The lowest BCUT2D eigenvalue weighted by molar-refractivity contribution is -0.384. The molecule has 0 amide bonds. The van der Waals surface area contributed by atoms with Crippen LogP contribution >= 0.6 is 0 Å². The monoisotopic (exact) mass is 345 g/mol. The van der Waals surface area contributed by atoms with E-state index in [9.17, 15) is 32.1 Å². The van der Waals surface area contributed by atoms with E-state index in [0.717, 1.165) is 30.3 Å². The summed E-state index contributed by atoms with van der Waals surface area (Å²) in [5.74, 6) is -4.01. The zero-order valence-corrected chi connectivity index (χ0v) is 11.6. The Bertz CT molecular complexity index is 788. The number of aliphatic imine (C=N–C) groups is 1. The molecule has 24 heavy (non-hydrogen) atoms. The zero-order chi connectivity index (χ0) is 17.9. The predicted octanol–water partition coefficient (Wildman–Crippen LogP) is 4.58. The lowest BCUT2D eigenvalue weighted by Crippen LogP contribution is -2.30. The average molecular weight is 345 g/mol. The van der Waals surface area contributed by atoms with Crippen LogP contribution in [0.1, 0.15) is 0 Å². The summed E-state index contributed by atoms with van der Waals surface area (Å²) in [7, 11) is 0. The maximum atomic E-state index is 13.1. The molecule has 0 saturated carbocycles. The number of hydrogen-bond donors (Lipinski definition) is 1. The number of nitro groups is 1. The fraction of sp³-hybridized carbons (Fsp3) is 0.0714. The third kappa shape index (κ3) is 4.24. The van der Waals surface area contributed by atoms with Gasteiger partial charge in [-0.1, -0.05) is 0 Å². The second-order valence-corrected chi connectivity index (χ2v) is 4.49. The lowest BCUT2D eigenvalue weighted by Gasteiger charge is -2.13. The summed E-state index contributed by atoms with van der Waals surface area (Å²) >= 11 is 0. The van der Waals surface area contributed by atoms with E-state index >= 15 is 0 Å². The van der Waals surface area contributed by atoms with Crippen LogP contribution < -0.4 is 5.32 Å². The number of non-ortho nitro benzene ring substituents is 1. The van der Waals surface area contributed by atoms with Gasteiger partial charge in [-0.3, -0.25) is 10.1 Å². The van der Waals surface area contributed by atoms with Gasteiger partial charge in [-0.05, 0) is 24.3 Å². The first kappa shape index (κ1) is 17.3. The van der Waals surface area contributed by atoms with Gasteiger partial charge in [0, 0.05) is 23.9 Å². The van der Waals surface area contributed by atoms with Gasteiger partial charge in [-0.2, -0.15) is 13.2 Å². The van der Waals surface area contributed by atoms with E-state index in [2.05, 4.69) is 4.99 Å². The second kappa shape index (κ2) is 6.60. The molecule has 0 unspecified atom stereocenters. The minimum absolute atomic E-state index is 0.206. The van der Waals surface area contributed by atoms with E-state index in [1.165, 1.54) is 0 Å². The highest BCUT2D eigenvalue weighted by Crippen LogP contribution is 2.25. The van der Waals surface area contributed by atoms with Crippen LogP contribution in [-0.4, -0.2) is 16.9 Å². The van der Waals surface area contributed by atoms with Crippen molar-refractivity contribution in [3.05, 3.63) is 64.2 Å². The van der Waals surface area contributed by atoms with Gasteiger partial charge in [0.2, 0.25) is 5.84 Å². The van der Waals surface area contributed by atoms with E-state index in [-0.39, 0.29) is 17.1 Å². The van der Waals surface area contributed by atoms with Crippen LogP contribution in [0.2, 0.25) is 0 Å². The molecule has 5 nitrogen and oxygen atoms in total. The Morgan fingerprint density at radius 2 is 1.67 bits per heavy atom. The van der Waals surface area contributed by atoms with E-state index in [4.69, 9.17) is 0 Å². The van der Waals surface area contributed by atoms with Gasteiger partial charge >= 0.3 is 6.18 Å². The quantitative estimate of drug-likeness (QED) is 0.291. The van der Waals surface area contributed by atoms with Crippen molar-refractivity contribution in [3.63, 3.8) is 0 Å². The fourth-order valence-corrected chi connectivity index (χ4v) is 1.65. The number of anilines is 1. The van der Waals surface area contributed by atoms with E-state index in [1.807, 2.05) is 5.32 Å². The number of rotatable bonds is 3. The Labute approximate surface area is 131 Å². The van der Waals surface area contributed by atoms with Gasteiger partial charge in [-0.15, -0.1) is 0 Å². The van der Waals surface area contributed by atoms with Gasteiger partial charge in [0.05, 0.1) is 10.6 Å². The summed E-state index contributed by atoms with van der Waals surface area (Å²) in [6.07, 6.45) is -4.91. The standard InChI is InChI=1S/C14H8F5N3O2/c15-11-6-3-9(7-12(11)16)21-13(14(17,18)19)20-8-1-4-10(5-2-8)22(23)24/h1-7H,(H,20,21). The molecule has 0 atom stereocenters. The molecule has 0 aliphatic rings. The van der Waals surface area contributed by atoms with Crippen LogP contribution in [0.4, 0.5) is 39.0 Å². The van der Waals surface area contributed by atoms with Crippen LogP contribution in [-0.2, 0) is 0 Å². The Hall–Kier alpha value is -3.04. The summed E-state index contributed by atoms with van der Waals surface area (Å²) in [5, 5.41) is 12.4. The van der Waals surface area contributed by atoms with Gasteiger partial charge in [0.25, 0.3) is 5.69 Å². The van der Waals surface area contributed by atoms with Crippen molar-refractivity contribution in [2.45, 2.75) is 6.18 Å². The summed E-state index contributed by atoms with van der Waals surface area (Å²) in [5.41, 5.74) is -0.869. The van der Waals surface area contributed by atoms with Crippen molar-refractivity contribution >= 4 is 22.9 Å². The normalized spacial score (nSPS) is 12.1. The van der Waals surface area contributed by atoms with Crippen molar-refractivity contribution < 1.29 is 26.9 Å². The number of nitro benzene ring substituents is 1. The molecule has 2 rings (SSSR count). The minimum atomic E-state index is -4.91. The van der Waals surface area contributed by atoms with Crippen LogP contribution in [0.15, 0.2) is 47.5 Å². The highest BCUT2D eigenvalue weighted by atomic mass is 19.4. The van der Waals surface area contributed by atoms with Gasteiger partial charge in [0.15, 0.2) is 11.6 Å². The van der Waals surface area contributed by atoms with Crippen molar-refractivity contribution in [3.8, 4) is 0 Å². The number of nitrogens with zero attached hydrogens (tertiary/aromatic N) is 2. The molecule has 0 aliphatic carbocycles. The summed E-state index contributed by atoms with van der Waals surface area (Å²) in [6.45, 7) is 0. The molecule has 0 fully saturated rings. The lowest BCUT2D eigenvalue weighted by atomic mass is 10.3. The Morgan fingerprint density at radius 3 is 2.17 bits per heavy atom. The maximum Gasteiger partial charge on any atom is 0.449 e. The van der Waals surface area contributed by atoms with Gasteiger partial charge in [0.1, 0.15) is 0 Å². The molecule has 0 aliphatic heterocycles. The number of alkyl halides is 3. The topological polar surface area (TPSA) is 67.5 Å². The molecular weight excluding hydrogens is 337 g/mol. The zero-order valence-electron chi connectivity index (χ0n) is 11.6. The Balaban J connectivity index is 2.34. The highest BCUT2D eigenvalue weighted by Gasteiger charge is 2.36. The molecule has 0 aromatic heterocycles. The van der Waals surface area contributed by atoms with Gasteiger partial charge in [-0.25, -0.2) is 13.8 Å². The molecule has 0 heterocycles. The third-order valence-electron chi connectivity index (χ3n) is 2.75. The Morgan fingerprint density at radius 1 is 1.04 bits per heavy atom. The van der Waals surface area contributed by atoms with Crippen LogP contribution in [0.25, 0.3) is 0 Å². The SMILES string of the molecule is O=[N+]([O-])c1ccc(N=C(Nc2ccc(F)c(F)c2)C(F)(F)F)cc1. The van der Waals surface area contributed by atoms with Crippen molar-refractivity contribution in [1.82, 2.24) is 0 Å². The van der Waals surface area contributed by atoms with Crippen LogP contribution in [0, 0.1) is 21.7 Å². The number of amidine groups is 1. The molecule has 0 bridgehead atoms. The molecule has 126 valence electrons. The molecule has 0 saturated heterocycles. The summed E-state index contributed by atoms with van der Waals surface area (Å²) < 4.78 is 64.9. The van der Waals surface area contributed by atoms with Crippen molar-refractivity contribution in [2.75, 3.05) is 5.32 Å². The first-order valence-electron chi connectivity index (χ1n) is 6.29.